The van der Waals surface area contributed by atoms with Gasteiger partial charge < -0.3 is 19.9 Å². The zero-order valence-corrected chi connectivity index (χ0v) is 12.9. The van der Waals surface area contributed by atoms with Crippen molar-refractivity contribution in [3.63, 3.8) is 0 Å². The van der Waals surface area contributed by atoms with Crippen LogP contribution < -0.4 is 10.1 Å². The highest BCUT2D eigenvalue weighted by molar-refractivity contribution is 5.95. The number of hydrogen-bond donors (Lipinski definition) is 2. The van der Waals surface area contributed by atoms with E-state index in [0.717, 1.165) is 19.4 Å². The molecule has 1 heterocycles. The summed E-state index contributed by atoms with van der Waals surface area (Å²) >= 11 is 0. The van der Waals surface area contributed by atoms with E-state index in [1.54, 1.807) is 24.3 Å². The van der Waals surface area contributed by atoms with Crippen molar-refractivity contribution in [2.75, 3.05) is 19.8 Å². The van der Waals surface area contributed by atoms with Gasteiger partial charge in [-0.25, -0.2) is 0 Å². The maximum atomic E-state index is 12.2. The minimum absolute atomic E-state index is 0.123. The zero-order valence-electron chi connectivity index (χ0n) is 12.9. The van der Waals surface area contributed by atoms with Crippen LogP contribution in [-0.2, 0) is 9.53 Å². The van der Waals surface area contributed by atoms with E-state index in [1.165, 1.54) is 0 Å². The second-order valence-electron chi connectivity index (χ2n) is 6.24. The highest BCUT2D eigenvalue weighted by atomic mass is 16.5. The van der Waals surface area contributed by atoms with E-state index in [4.69, 9.17) is 14.6 Å². The van der Waals surface area contributed by atoms with Gasteiger partial charge in [-0.05, 0) is 43.9 Å². The first-order valence-electron chi connectivity index (χ1n) is 7.95. The maximum absolute atomic E-state index is 12.2. The van der Waals surface area contributed by atoms with Crippen molar-refractivity contribution in [3.05, 3.63) is 29.8 Å². The van der Waals surface area contributed by atoms with Crippen LogP contribution in [0.15, 0.2) is 24.3 Å². The molecule has 0 radical (unpaired) electrons. The standard InChI is InChI=1S/C17H21NO5/c19-15(18-11-17(6-7-17)16(20)21)12-3-1-4-13(9-12)23-10-14-5-2-8-22-14/h1,3-4,9,14H,2,5-8,10-11H2,(H,18,19)(H,20,21). The molecule has 1 unspecified atom stereocenters. The van der Waals surface area contributed by atoms with Crippen LogP contribution in [0, 0.1) is 5.41 Å². The van der Waals surface area contributed by atoms with Crippen molar-refractivity contribution in [2.45, 2.75) is 31.8 Å². The topological polar surface area (TPSA) is 84.9 Å². The molecule has 124 valence electrons. The van der Waals surface area contributed by atoms with Gasteiger partial charge >= 0.3 is 5.97 Å². The molecule has 3 rings (SSSR count). The predicted octanol–water partition coefficient (Wildman–Crippen LogP) is 1.84. The Balaban J connectivity index is 1.53. The number of benzene rings is 1. The molecule has 0 aromatic heterocycles. The van der Waals surface area contributed by atoms with Gasteiger partial charge in [0.05, 0.1) is 11.5 Å². The first-order chi connectivity index (χ1) is 11.1. The quantitative estimate of drug-likeness (QED) is 0.801. The van der Waals surface area contributed by atoms with Crippen LogP contribution in [0.4, 0.5) is 0 Å². The van der Waals surface area contributed by atoms with Gasteiger partial charge in [-0.1, -0.05) is 6.07 Å². The Labute approximate surface area is 134 Å². The van der Waals surface area contributed by atoms with Crippen LogP contribution in [-0.4, -0.2) is 42.8 Å². The summed E-state index contributed by atoms with van der Waals surface area (Å²) in [6.07, 6.45) is 3.41. The third kappa shape index (κ3) is 3.82. The predicted molar refractivity (Wildman–Crippen MR) is 82.5 cm³/mol. The summed E-state index contributed by atoms with van der Waals surface area (Å²) in [6, 6.07) is 6.91. The van der Waals surface area contributed by atoms with Crippen LogP contribution in [0.2, 0.25) is 0 Å². The van der Waals surface area contributed by atoms with Gasteiger partial charge in [0.25, 0.3) is 5.91 Å². The van der Waals surface area contributed by atoms with Gasteiger partial charge in [0.1, 0.15) is 12.4 Å². The molecule has 1 aliphatic carbocycles. The summed E-state index contributed by atoms with van der Waals surface area (Å²) < 4.78 is 11.2. The fourth-order valence-electron chi connectivity index (χ4n) is 2.66. The molecule has 0 bridgehead atoms. The molecule has 1 atom stereocenters. The molecule has 6 heteroatoms. The fraction of sp³-hybridized carbons (Fsp3) is 0.529. The second-order valence-corrected chi connectivity index (χ2v) is 6.24. The zero-order chi connectivity index (χ0) is 16.3. The monoisotopic (exact) mass is 319 g/mol. The first kappa shape index (κ1) is 15.8. The van der Waals surface area contributed by atoms with E-state index in [1.807, 2.05) is 0 Å². The van der Waals surface area contributed by atoms with Crippen molar-refractivity contribution in [1.82, 2.24) is 5.32 Å². The fourth-order valence-corrected chi connectivity index (χ4v) is 2.66. The summed E-state index contributed by atoms with van der Waals surface area (Å²) in [7, 11) is 0. The molecule has 0 spiro atoms. The Bertz CT molecular complexity index is 590. The Kier molecular flexibility index (Phi) is 4.52. The molecule has 1 aromatic rings. The molecule has 23 heavy (non-hydrogen) atoms. The third-order valence-electron chi connectivity index (χ3n) is 4.45. The Morgan fingerprint density at radius 3 is 2.87 bits per heavy atom. The number of hydrogen-bond acceptors (Lipinski definition) is 4. The lowest BCUT2D eigenvalue weighted by Crippen LogP contribution is -2.34. The lowest BCUT2D eigenvalue weighted by Gasteiger charge is -2.13. The van der Waals surface area contributed by atoms with Crippen molar-refractivity contribution in [2.24, 2.45) is 5.41 Å². The Morgan fingerprint density at radius 1 is 1.39 bits per heavy atom. The van der Waals surface area contributed by atoms with Gasteiger partial charge in [-0.2, -0.15) is 0 Å². The van der Waals surface area contributed by atoms with Crippen molar-refractivity contribution in [3.8, 4) is 5.75 Å². The molecule has 2 fully saturated rings. The third-order valence-corrected chi connectivity index (χ3v) is 4.45. The van der Waals surface area contributed by atoms with E-state index in [-0.39, 0.29) is 18.6 Å². The molecular weight excluding hydrogens is 298 g/mol. The van der Waals surface area contributed by atoms with E-state index in [9.17, 15) is 9.59 Å². The lowest BCUT2D eigenvalue weighted by atomic mass is 10.1. The van der Waals surface area contributed by atoms with Crippen molar-refractivity contribution >= 4 is 11.9 Å². The average Bonchev–Trinajstić information content (AvgIpc) is 3.18. The number of amides is 1. The summed E-state index contributed by atoms with van der Waals surface area (Å²) in [5.41, 5.74) is -0.292. The molecule has 6 nitrogen and oxygen atoms in total. The normalized spacial score (nSPS) is 21.7. The first-order valence-corrected chi connectivity index (χ1v) is 7.95. The van der Waals surface area contributed by atoms with E-state index >= 15 is 0 Å². The molecule has 1 saturated heterocycles. The lowest BCUT2D eigenvalue weighted by molar-refractivity contribution is -0.143. The van der Waals surface area contributed by atoms with Crippen LogP contribution in [0.5, 0.6) is 5.75 Å². The molecule has 2 N–H and O–H groups in total. The Hall–Kier alpha value is -2.08. The van der Waals surface area contributed by atoms with Crippen molar-refractivity contribution < 1.29 is 24.2 Å². The number of carboxylic acid groups (broad SMARTS) is 1. The van der Waals surface area contributed by atoms with Gasteiger partial charge in [0, 0.05) is 18.7 Å². The summed E-state index contributed by atoms with van der Waals surface area (Å²) in [5.74, 6) is -0.501. The van der Waals surface area contributed by atoms with E-state index in [2.05, 4.69) is 5.32 Å². The molecule has 1 amide bonds. The number of aliphatic carboxylic acids is 1. The number of carbonyl (C=O) groups excluding carboxylic acids is 1. The molecule has 1 saturated carbocycles. The summed E-state index contributed by atoms with van der Waals surface area (Å²) in [6.45, 7) is 1.43. The molecule has 1 aliphatic heterocycles. The van der Waals surface area contributed by atoms with Crippen LogP contribution in [0.1, 0.15) is 36.0 Å². The van der Waals surface area contributed by atoms with Gasteiger partial charge in [0.2, 0.25) is 0 Å². The molecule has 2 aliphatic rings. The van der Waals surface area contributed by atoms with Crippen molar-refractivity contribution in [1.29, 1.82) is 0 Å². The van der Waals surface area contributed by atoms with Gasteiger partial charge in [-0.15, -0.1) is 0 Å². The minimum Gasteiger partial charge on any atom is -0.491 e. The SMILES string of the molecule is O=C(NCC1(C(=O)O)CC1)c1cccc(OCC2CCCO2)c1. The molecule has 1 aromatic carbocycles. The minimum atomic E-state index is -0.841. The number of nitrogens with one attached hydrogen (secondary N) is 1. The number of carboxylic acids is 1. The van der Waals surface area contributed by atoms with Crippen LogP contribution in [0.25, 0.3) is 0 Å². The average molecular weight is 319 g/mol. The Morgan fingerprint density at radius 2 is 2.22 bits per heavy atom. The maximum Gasteiger partial charge on any atom is 0.311 e. The number of ether oxygens (including phenoxy) is 2. The van der Waals surface area contributed by atoms with E-state index in [0.29, 0.717) is 30.8 Å². The second kappa shape index (κ2) is 6.58. The van der Waals surface area contributed by atoms with Crippen LogP contribution in [0.3, 0.4) is 0 Å². The summed E-state index contributed by atoms with van der Waals surface area (Å²) in [4.78, 5) is 23.3. The highest BCUT2D eigenvalue weighted by Gasteiger charge is 2.50. The summed E-state index contributed by atoms with van der Waals surface area (Å²) in [5, 5.41) is 11.8. The smallest absolute Gasteiger partial charge is 0.311 e. The van der Waals surface area contributed by atoms with Crippen LogP contribution >= 0.6 is 0 Å². The molecular formula is C17H21NO5. The van der Waals surface area contributed by atoms with Gasteiger partial charge in [0.15, 0.2) is 0 Å². The largest absolute Gasteiger partial charge is 0.491 e. The number of carbonyl (C=O) groups is 2. The highest BCUT2D eigenvalue weighted by Crippen LogP contribution is 2.45. The van der Waals surface area contributed by atoms with E-state index < -0.39 is 11.4 Å². The number of rotatable bonds is 7. The van der Waals surface area contributed by atoms with Gasteiger partial charge in [-0.3, -0.25) is 9.59 Å².